The first kappa shape index (κ1) is 16.5. The molecule has 128 valence electrons. The van der Waals surface area contributed by atoms with E-state index in [-0.39, 0.29) is 0 Å². The maximum atomic E-state index is 13.5. The monoisotopic (exact) mass is 407 g/mol. The van der Waals surface area contributed by atoms with Crippen molar-refractivity contribution in [3.05, 3.63) is 101 Å². The van der Waals surface area contributed by atoms with Crippen LogP contribution >= 0.6 is 15.9 Å². The molecular weight excluding hydrogens is 394 g/mol. The minimum absolute atomic E-state index is 0.428. The number of anilines is 1. The van der Waals surface area contributed by atoms with Gasteiger partial charge in [-0.3, -0.25) is 4.79 Å². The molecule has 0 aromatic heterocycles. The van der Waals surface area contributed by atoms with E-state index in [9.17, 15) is 9.59 Å². The lowest BCUT2D eigenvalue weighted by Gasteiger charge is -2.26. The second kappa shape index (κ2) is 6.42. The summed E-state index contributed by atoms with van der Waals surface area (Å²) < 4.78 is 6.62. The van der Waals surface area contributed by atoms with Gasteiger partial charge in [-0.1, -0.05) is 76.6 Å². The topological polar surface area (TPSA) is 46.6 Å². The summed E-state index contributed by atoms with van der Waals surface area (Å²) in [7, 11) is 0. The zero-order valence-electron chi connectivity index (χ0n) is 13.6. The van der Waals surface area contributed by atoms with E-state index in [4.69, 9.17) is 4.74 Å². The number of nitrogens with zero attached hydrogens (tertiary/aromatic N) is 1. The highest BCUT2D eigenvalue weighted by Gasteiger charge is 2.57. The predicted molar refractivity (Wildman–Crippen MR) is 102 cm³/mol. The van der Waals surface area contributed by atoms with Crippen molar-refractivity contribution in [3.8, 4) is 0 Å². The zero-order valence-corrected chi connectivity index (χ0v) is 15.2. The molecule has 5 heteroatoms. The molecule has 2 amide bonds. The number of halogens is 1. The number of imide groups is 1. The average Bonchev–Trinajstić information content (AvgIpc) is 2.95. The van der Waals surface area contributed by atoms with Crippen LogP contribution in [0.5, 0.6) is 0 Å². The molecule has 4 nitrogen and oxygen atoms in total. The van der Waals surface area contributed by atoms with Gasteiger partial charge in [-0.2, -0.15) is 0 Å². The van der Waals surface area contributed by atoms with Crippen LogP contribution < -0.4 is 4.90 Å². The molecule has 0 aliphatic carbocycles. The SMILES string of the molecule is O=C1OC(c2ccccc2)(c2ccccc2)C(=O)N1c1ccc(Br)cc1. The number of rotatable bonds is 3. The van der Waals surface area contributed by atoms with E-state index < -0.39 is 17.6 Å². The third-order valence-corrected chi connectivity index (χ3v) is 4.90. The summed E-state index contributed by atoms with van der Waals surface area (Å²) >= 11 is 3.36. The van der Waals surface area contributed by atoms with E-state index >= 15 is 0 Å². The Hall–Kier alpha value is -2.92. The Labute approximate surface area is 159 Å². The Balaban J connectivity index is 1.89. The van der Waals surface area contributed by atoms with Gasteiger partial charge in [-0.25, -0.2) is 9.69 Å². The average molecular weight is 408 g/mol. The third-order valence-electron chi connectivity index (χ3n) is 4.37. The summed E-state index contributed by atoms with van der Waals surface area (Å²) in [6, 6.07) is 25.1. The van der Waals surface area contributed by atoms with Gasteiger partial charge in [-0.15, -0.1) is 0 Å². The van der Waals surface area contributed by atoms with Crippen LogP contribution in [-0.4, -0.2) is 12.0 Å². The van der Waals surface area contributed by atoms with Gasteiger partial charge in [0.05, 0.1) is 5.69 Å². The molecule has 1 aliphatic heterocycles. The highest BCUT2D eigenvalue weighted by atomic mass is 79.9. The summed E-state index contributed by atoms with van der Waals surface area (Å²) in [5.41, 5.74) is 0.206. The van der Waals surface area contributed by atoms with Gasteiger partial charge in [0.2, 0.25) is 5.60 Å². The fourth-order valence-electron chi connectivity index (χ4n) is 3.15. The van der Waals surface area contributed by atoms with Gasteiger partial charge in [0.1, 0.15) is 0 Å². The molecule has 3 aromatic rings. The second-order valence-corrected chi connectivity index (χ2v) is 6.81. The van der Waals surface area contributed by atoms with Gasteiger partial charge in [-0.05, 0) is 24.3 Å². The highest BCUT2D eigenvalue weighted by molar-refractivity contribution is 9.10. The molecule has 0 bridgehead atoms. The first-order valence-corrected chi connectivity index (χ1v) is 8.86. The molecule has 26 heavy (non-hydrogen) atoms. The molecule has 0 atom stereocenters. The van der Waals surface area contributed by atoms with Crippen molar-refractivity contribution >= 4 is 33.6 Å². The van der Waals surface area contributed by atoms with Crippen LogP contribution in [0.4, 0.5) is 10.5 Å². The largest absolute Gasteiger partial charge is 0.423 e. The van der Waals surface area contributed by atoms with Crippen LogP contribution in [0.25, 0.3) is 0 Å². The zero-order chi connectivity index (χ0) is 18.1. The first-order chi connectivity index (χ1) is 12.6. The molecule has 0 saturated carbocycles. The number of cyclic esters (lactones) is 1. The summed E-state index contributed by atoms with van der Waals surface area (Å²) in [5, 5.41) is 0. The number of carbonyl (C=O) groups excluding carboxylic acids is 2. The minimum Gasteiger partial charge on any atom is -0.422 e. The summed E-state index contributed by atoms with van der Waals surface area (Å²) in [4.78, 5) is 27.3. The maximum absolute atomic E-state index is 13.5. The second-order valence-electron chi connectivity index (χ2n) is 5.90. The number of carbonyl (C=O) groups is 2. The van der Waals surface area contributed by atoms with Crippen molar-refractivity contribution in [1.29, 1.82) is 0 Å². The molecule has 1 aliphatic rings. The van der Waals surface area contributed by atoms with Gasteiger partial charge < -0.3 is 4.74 Å². The van der Waals surface area contributed by atoms with Crippen LogP contribution in [0, 0.1) is 0 Å². The van der Waals surface area contributed by atoms with Crippen molar-refractivity contribution in [2.75, 3.05) is 4.90 Å². The molecule has 4 rings (SSSR count). The van der Waals surface area contributed by atoms with Crippen LogP contribution in [-0.2, 0) is 15.1 Å². The molecule has 0 radical (unpaired) electrons. The predicted octanol–water partition coefficient (Wildman–Crippen LogP) is 4.88. The number of amides is 2. The van der Waals surface area contributed by atoms with Crippen molar-refractivity contribution in [3.63, 3.8) is 0 Å². The van der Waals surface area contributed by atoms with Crippen molar-refractivity contribution in [2.24, 2.45) is 0 Å². The highest BCUT2D eigenvalue weighted by Crippen LogP contribution is 2.42. The Morgan fingerprint density at radius 1 is 0.731 bits per heavy atom. The minimum atomic E-state index is -1.49. The first-order valence-electron chi connectivity index (χ1n) is 8.07. The smallest absolute Gasteiger partial charge is 0.422 e. The lowest BCUT2D eigenvalue weighted by atomic mass is 9.85. The van der Waals surface area contributed by atoms with Crippen LogP contribution in [0.2, 0.25) is 0 Å². The fraction of sp³-hybridized carbons (Fsp3) is 0.0476. The summed E-state index contributed by atoms with van der Waals surface area (Å²) in [6.07, 6.45) is -0.690. The van der Waals surface area contributed by atoms with E-state index in [1.54, 1.807) is 48.5 Å². The lowest BCUT2D eigenvalue weighted by Crippen LogP contribution is -2.40. The van der Waals surface area contributed by atoms with Crippen molar-refractivity contribution < 1.29 is 14.3 Å². The number of benzene rings is 3. The van der Waals surface area contributed by atoms with E-state index in [1.165, 1.54) is 0 Å². The molecule has 0 unspecified atom stereocenters. The third kappa shape index (κ3) is 2.52. The molecule has 0 N–H and O–H groups in total. The molecule has 1 heterocycles. The van der Waals surface area contributed by atoms with Gasteiger partial charge in [0.25, 0.3) is 5.91 Å². The number of hydrogen-bond acceptors (Lipinski definition) is 3. The van der Waals surface area contributed by atoms with E-state index in [0.717, 1.165) is 9.37 Å². The molecular formula is C21H14BrNO3. The van der Waals surface area contributed by atoms with Crippen LogP contribution in [0.3, 0.4) is 0 Å². The van der Waals surface area contributed by atoms with E-state index in [0.29, 0.717) is 16.8 Å². The Morgan fingerprint density at radius 2 is 1.23 bits per heavy atom. The molecule has 1 fully saturated rings. The van der Waals surface area contributed by atoms with E-state index in [2.05, 4.69) is 15.9 Å². The summed E-state index contributed by atoms with van der Waals surface area (Å²) in [6.45, 7) is 0. The van der Waals surface area contributed by atoms with Gasteiger partial charge in [0.15, 0.2) is 0 Å². The fourth-order valence-corrected chi connectivity index (χ4v) is 3.41. The van der Waals surface area contributed by atoms with Gasteiger partial charge >= 0.3 is 6.09 Å². The number of hydrogen-bond donors (Lipinski definition) is 0. The van der Waals surface area contributed by atoms with Crippen LogP contribution in [0.15, 0.2) is 89.4 Å². The Kier molecular flexibility index (Phi) is 4.09. The normalized spacial score (nSPS) is 15.8. The van der Waals surface area contributed by atoms with E-state index in [1.807, 2.05) is 36.4 Å². The number of ether oxygens (including phenoxy) is 1. The van der Waals surface area contributed by atoms with Crippen molar-refractivity contribution in [1.82, 2.24) is 0 Å². The summed E-state index contributed by atoms with van der Waals surface area (Å²) in [5.74, 6) is -0.428. The Morgan fingerprint density at radius 3 is 1.73 bits per heavy atom. The Bertz CT molecular complexity index is 916. The van der Waals surface area contributed by atoms with Crippen LogP contribution in [0.1, 0.15) is 11.1 Å². The lowest BCUT2D eigenvalue weighted by molar-refractivity contribution is -0.127. The standard InChI is InChI=1S/C21H14BrNO3/c22-17-11-13-18(14-12-17)23-19(24)21(26-20(23)25,15-7-3-1-4-8-15)16-9-5-2-6-10-16/h1-14H. The maximum Gasteiger partial charge on any atom is 0.423 e. The molecule has 3 aromatic carbocycles. The van der Waals surface area contributed by atoms with Gasteiger partial charge in [0, 0.05) is 15.6 Å². The molecule has 0 spiro atoms. The van der Waals surface area contributed by atoms with Crippen molar-refractivity contribution in [2.45, 2.75) is 5.60 Å². The molecule has 1 saturated heterocycles. The quantitative estimate of drug-likeness (QED) is 0.621.